The third-order valence-electron chi connectivity index (χ3n) is 5.39. The van der Waals surface area contributed by atoms with Crippen molar-refractivity contribution in [2.75, 3.05) is 0 Å². The van der Waals surface area contributed by atoms with Crippen molar-refractivity contribution in [1.82, 2.24) is 0 Å². The molecule has 0 bridgehead atoms. The Kier molecular flexibility index (Phi) is 9.30. The molecule has 158 valence electrons. The molecule has 2 rings (SSSR count). The average Bonchev–Trinajstić information content (AvgIpc) is 3.06. The van der Waals surface area contributed by atoms with E-state index >= 15 is 0 Å². The van der Waals surface area contributed by atoms with Gasteiger partial charge in [0.25, 0.3) is 0 Å². The molecule has 0 aliphatic heterocycles. The van der Waals surface area contributed by atoms with E-state index in [9.17, 15) is 0 Å². The fourth-order valence-electron chi connectivity index (χ4n) is 5.50. The Balaban J connectivity index is 0.000000280. The van der Waals surface area contributed by atoms with Gasteiger partial charge in [-0.05, 0) is 0 Å². The minimum atomic E-state index is -1.48. The van der Waals surface area contributed by atoms with Crippen LogP contribution in [0.4, 0.5) is 0 Å². The molecule has 0 atom stereocenters. The molecule has 28 heavy (non-hydrogen) atoms. The Hall–Kier alpha value is 0.557. The average molecular weight is 596 g/mol. The minimum absolute atomic E-state index is 0.560. The molecule has 0 amide bonds. The van der Waals surface area contributed by atoms with Crippen LogP contribution in [0.25, 0.3) is 0 Å². The van der Waals surface area contributed by atoms with Crippen LogP contribution in [0.3, 0.4) is 0 Å². The molecule has 0 unspecified atom stereocenters. The molecule has 0 saturated heterocycles. The van der Waals surface area contributed by atoms with E-state index in [1.807, 2.05) is 0 Å². The molecule has 0 N–H and O–H groups in total. The Labute approximate surface area is 191 Å². The zero-order valence-corrected chi connectivity index (χ0v) is 26.5. The van der Waals surface area contributed by atoms with Crippen LogP contribution in [0.1, 0.15) is 83.1 Å². The van der Waals surface area contributed by atoms with Gasteiger partial charge in [0.15, 0.2) is 0 Å². The van der Waals surface area contributed by atoms with E-state index in [0.717, 1.165) is 7.87 Å². The molecule has 0 fully saturated rings. The van der Waals surface area contributed by atoms with Crippen LogP contribution >= 0.6 is 0 Å². The first-order valence-electron chi connectivity index (χ1n) is 10.9. The van der Waals surface area contributed by atoms with Crippen LogP contribution in [0.5, 0.6) is 0 Å². The summed E-state index contributed by atoms with van der Waals surface area (Å²) in [6, 6.07) is 0. The second kappa shape index (κ2) is 9.79. The van der Waals surface area contributed by atoms with Gasteiger partial charge in [-0.15, -0.1) is 0 Å². The van der Waals surface area contributed by atoms with Gasteiger partial charge in [-0.25, -0.2) is 0 Å². The van der Waals surface area contributed by atoms with Crippen molar-refractivity contribution in [3.63, 3.8) is 0 Å². The predicted molar refractivity (Wildman–Crippen MR) is 134 cm³/mol. The first-order chi connectivity index (χ1) is 12.5. The van der Waals surface area contributed by atoms with E-state index < -0.39 is 39.5 Å². The van der Waals surface area contributed by atoms with Crippen molar-refractivity contribution in [3.8, 4) is 0 Å². The van der Waals surface area contributed by atoms with Crippen LogP contribution in [-0.2, 0) is 0 Å². The molecule has 0 aromatic carbocycles. The van der Waals surface area contributed by atoms with E-state index in [2.05, 4.69) is 132 Å². The van der Waals surface area contributed by atoms with Gasteiger partial charge < -0.3 is 0 Å². The van der Waals surface area contributed by atoms with Gasteiger partial charge in [0.1, 0.15) is 0 Å². The summed E-state index contributed by atoms with van der Waals surface area (Å²) >= 11 is -2.95. The summed E-state index contributed by atoms with van der Waals surface area (Å²) in [6.07, 6.45) is 18.6. The number of hydrogen-bond donors (Lipinski definition) is 0. The number of allylic oxidation sites excluding steroid dienone is 8. The maximum absolute atomic E-state index is 2.44. The summed E-state index contributed by atoms with van der Waals surface area (Å²) in [6.45, 7) is 29.3. The van der Waals surface area contributed by atoms with E-state index in [0.29, 0.717) is 13.7 Å². The first-order valence-corrected chi connectivity index (χ1v) is 19.9. The molecule has 2 aliphatic carbocycles. The molecule has 2 radical (unpaired) electrons. The third-order valence-corrected chi connectivity index (χ3v) is 29.8. The number of hydrogen-bond acceptors (Lipinski definition) is 0. The van der Waals surface area contributed by atoms with E-state index in [1.54, 1.807) is 0 Å². The predicted octanol–water partition coefficient (Wildman–Crippen LogP) is 9.16. The van der Waals surface area contributed by atoms with Gasteiger partial charge in [-0.1, -0.05) is 0 Å². The maximum atomic E-state index is 2.44. The molecular weight excluding hydrogens is 550 g/mol. The zero-order chi connectivity index (χ0) is 22.0. The normalized spacial score (nSPS) is 18.5. The molecule has 0 spiro atoms. The fourth-order valence-corrected chi connectivity index (χ4v) is 33.2. The van der Waals surface area contributed by atoms with Gasteiger partial charge in [-0.2, -0.15) is 0 Å². The fraction of sp³-hybridized carbons (Fsp3) is 0.692. The van der Waals surface area contributed by atoms with Crippen molar-refractivity contribution >= 4 is 39.5 Å². The summed E-state index contributed by atoms with van der Waals surface area (Å²) in [7, 11) is 0. The molecule has 0 heterocycles. The summed E-state index contributed by atoms with van der Waals surface area (Å²) < 4.78 is 3.87. The van der Waals surface area contributed by atoms with Gasteiger partial charge in [0.2, 0.25) is 0 Å². The number of rotatable bonds is 2. The van der Waals surface area contributed by atoms with Gasteiger partial charge >= 0.3 is 193 Å². The molecular formula is C26H46Sn2. The van der Waals surface area contributed by atoms with E-state index in [4.69, 9.17) is 0 Å². The monoisotopic (exact) mass is 598 g/mol. The molecule has 0 aromatic heterocycles. The molecule has 0 nitrogen and oxygen atoms in total. The molecule has 0 saturated carbocycles. The molecule has 0 aromatic rings. The van der Waals surface area contributed by atoms with Crippen LogP contribution in [0, 0.1) is 0 Å². The Morgan fingerprint density at radius 2 is 0.571 bits per heavy atom. The molecule has 2 aliphatic rings. The van der Waals surface area contributed by atoms with Crippen molar-refractivity contribution in [1.29, 1.82) is 0 Å². The van der Waals surface area contributed by atoms with Gasteiger partial charge in [-0.3, -0.25) is 0 Å². The van der Waals surface area contributed by atoms with Crippen LogP contribution in [-0.4, -0.2) is 39.5 Å². The summed E-state index contributed by atoms with van der Waals surface area (Å²) in [4.78, 5) is 0. The second-order valence-electron chi connectivity index (χ2n) is 12.4. The Morgan fingerprint density at radius 1 is 0.393 bits per heavy atom. The zero-order valence-electron chi connectivity index (χ0n) is 20.8. The van der Waals surface area contributed by atoms with Gasteiger partial charge in [0, 0.05) is 0 Å². The van der Waals surface area contributed by atoms with E-state index in [1.165, 1.54) is 0 Å². The van der Waals surface area contributed by atoms with Crippen molar-refractivity contribution in [2.24, 2.45) is 0 Å². The Morgan fingerprint density at radius 3 is 0.714 bits per heavy atom. The van der Waals surface area contributed by atoms with Crippen molar-refractivity contribution in [3.05, 3.63) is 48.6 Å². The van der Waals surface area contributed by atoms with Crippen molar-refractivity contribution < 1.29 is 0 Å². The quantitative estimate of drug-likeness (QED) is 0.279. The standard InChI is InChI=1S/2C5H5.4C4H9.2Sn/c2*1-2-4-5-3-1;4*1-4(2)3;;/h2*1-5H;4*1-3H3;;. The summed E-state index contributed by atoms with van der Waals surface area (Å²) in [5.74, 6) is 0. The van der Waals surface area contributed by atoms with Crippen LogP contribution < -0.4 is 0 Å². The summed E-state index contributed by atoms with van der Waals surface area (Å²) in [5.41, 5.74) is 0. The van der Waals surface area contributed by atoms with Crippen molar-refractivity contribution in [2.45, 2.75) is 105 Å². The topological polar surface area (TPSA) is 0 Å². The molecule has 2 heteroatoms. The van der Waals surface area contributed by atoms with Gasteiger partial charge in [0.05, 0.1) is 0 Å². The van der Waals surface area contributed by atoms with Crippen LogP contribution in [0.15, 0.2) is 48.6 Å². The third kappa shape index (κ3) is 8.00. The van der Waals surface area contributed by atoms with Crippen LogP contribution in [0.2, 0.25) is 21.6 Å². The second-order valence-corrected chi connectivity index (χ2v) is 38.1. The first kappa shape index (κ1) is 26.6. The Bertz CT molecular complexity index is 499. The van der Waals surface area contributed by atoms with E-state index in [-0.39, 0.29) is 0 Å². The summed E-state index contributed by atoms with van der Waals surface area (Å²) in [5, 5.41) is 0. The SMILES string of the molecule is C[C](C)(C)[Sn]([CH]1C=CC=C1)[C](C)(C)C.C[C](C)(C)[Sn]([CH]1C=CC=C1)[C](C)(C)C.